The molecule has 0 N–H and O–H groups in total. The molecule has 2 fully saturated rings. The molecule has 1 aromatic rings. The van der Waals surface area contributed by atoms with Gasteiger partial charge in [-0.2, -0.15) is 0 Å². The molecule has 1 aromatic carbocycles. The van der Waals surface area contributed by atoms with Gasteiger partial charge in [0.2, 0.25) is 11.8 Å². The Morgan fingerprint density at radius 3 is 2.36 bits per heavy atom. The molecule has 6 heteroatoms. The van der Waals surface area contributed by atoms with E-state index in [0.717, 1.165) is 25.9 Å². The highest BCUT2D eigenvalue weighted by Crippen LogP contribution is 2.24. The molecular formula is C19H24ClFN2O2. The summed E-state index contributed by atoms with van der Waals surface area (Å²) in [6.45, 7) is 2.83. The van der Waals surface area contributed by atoms with Crippen LogP contribution in [0.2, 0.25) is 5.02 Å². The Morgan fingerprint density at radius 2 is 1.72 bits per heavy atom. The first-order chi connectivity index (χ1) is 12.1. The van der Waals surface area contributed by atoms with E-state index in [1.807, 2.05) is 4.90 Å². The lowest BCUT2D eigenvalue weighted by Crippen LogP contribution is -2.46. The molecule has 0 aliphatic carbocycles. The third-order valence-electron chi connectivity index (χ3n) is 5.25. The molecular weight excluding hydrogens is 343 g/mol. The molecule has 4 nitrogen and oxygen atoms in total. The first-order valence-corrected chi connectivity index (χ1v) is 9.43. The normalized spacial score (nSPS) is 19.1. The zero-order valence-electron chi connectivity index (χ0n) is 14.3. The summed E-state index contributed by atoms with van der Waals surface area (Å²) in [4.78, 5) is 28.7. The zero-order chi connectivity index (χ0) is 17.8. The van der Waals surface area contributed by atoms with E-state index in [9.17, 15) is 14.0 Å². The van der Waals surface area contributed by atoms with Gasteiger partial charge in [-0.25, -0.2) is 4.39 Å². The number of benzene rings is 1. The van der Waals surface area contributed by atoms with E-state index in [2.05, 4.69) is 0 Å². The van der Waals surface area contributed by atoms with Crippen molar-refractivity contribution >= 4 is 23.4 Å². The maximum absolute atomic E-state index is 13.8. The highest BCUT2D eigenvalue weighted by atomic mass is 35.5. The first kappa shape index (κ1) is 18.2. The van der Waals surface area contributed by atoms with E-state index >= 15 is 0 Å². The third-order valence-corrected chi connectivity index (χ3v) is 5.61. The Bertz CT molecular complexity index is 618. The molecule has 0 radical (unpaired) electrons. The Kier molecular flexibility index (Phi) is 5.94. The molecule has 136 valence electrons. The minimum Gasteiger partial charge on any atom is -0.342 e. The van der Waals surface area contributed by atoms with Gasteiger partial charge in [0, 0.05) is 42.7 Å². The molecule has 0 spiro atoms. The van der Waals surface area contributed by atoms with Crippen molar-refractivity contribution in [3.63, 3.8) is 0 Å². The molecule has 25 heavy (non-hydrogen) atoms. The van der Waals surface area contributed by atoms with Gasteiger partial charge in [0.15, 0.2) is 0 Å². The van der Waals surface area contributed by atoms with Gasteiger partial charge in [-0.05, 0) is 44.2 Å². The number of piperidine rings is 2. The number of rotatable bonds is 3. The van der Waals surface area contributed by atoms with E-state index in [4.69, 9.17) is 11.6 Å². The predicted molar refractivity (Wildman–Crippen MR) is 94.8 cm³/mol. The van der Waals surface area contributed by atoms with E-state index in [-0.39, 0.29) is 34.7 Å². The lowest BCUT2D eigenvalue weighted by Gasteiger charge is -2.35. The quantitative estimate of drug-likeness (QED) is 0.823. The van der Waals surface area contributed by atoms with Gasteiger partial charge in [-0.1, -0.05) is 17.7 Å². The number of amides is 2. The molecule has 2 amide bonds. The summed E-state index contributed by atoms with van der Waals surface area (Å²) in [5, 5.41) is 0.281. The van der Waals surface area contributed by atoms with Gasteiger partial charge in [0.1, 0.15) is 5.82 Å². The molecule has 3 rings (SSSR count). The maximum atomic E-state index is 13.8. The number of hydrogen-bond donors (Lipinski definition) is 0. The highest BCUT2D eigenvalue weighted by molar-refractivity contribution is 6.31. The van der Waals surface area contributed by atoms with Gasteiger partial charge in [0.05, 0.1) is 6.42 Å². The summed E-state index contributed by atoms with van der Waals surface area (Å²) in [6.07, 6.45) is 4.72. The van der Waals surface area contributed by atoms with Crippen molar-refractivity contribution in [1.82, 2.24) is 9.80 Å². The fraction of sp³-hybridized carbons (Fsp3) is 0.579. The molecule has 2 aliphatic rings. The SMILES string of the molecule is O=C(Cc1c(F)cccc1Cl)N1CCC(C(=O)N2CCCCC2)CC1. The summed E-state index contributed by atoms with van der Waals surface area (Å²) >= 11 is 6.00. The topological polar surface area (TPSA) is 40.6 Å². The Labute approximate surface area is 152 Å². The standard InChI is InChI=1S/C19H24ClFN2O2/c20-16-5-4-6-17(21)15(16)13-18(24)22-11-7-14(8-12-22)19(25)23-9-2-1-3-10-23/h4-6,14H,1-3,7-13H2. The van der Waals surface area contributed by atoms with Gasteiger partial charge in [-0.3, -0.25) is 9.59 Å². The van der Waals surface area contributed by atoms with Crippen molar-refractivity contribution in [2.24, 2.45) is 5.92 Å². The maximum Gasteiger partial charge on any atom is 0.227 e. The number of halogens is 2. The lowest BCUT2D eigenvalue weighted by molar-refractivity contribution is -0.141. The Balaban J connectivity index is 1.53. The summed E-state index contributed by atoms with van der Waals surface area (Å²) in [6, 6.07) is 4.44. The minimum atomic E-state index is -0.448. The Hall–Kier alpha value is -1.62. The van der Waals surface area contributed by atoms with Crippen LogP contribution in [0, 0.1) is 11.7 Å². The van der Waals surface area contributed by atoms with Crippen LogP contribution < -0.4 is 0 Å². The molecule has 0 bridgehead atoms. The number of carbonyl (C=O) groups excluding carboxylic acids is 2. The molecule has 0 atom stereocenters. The fourth-order valence-electron chi connectivity index (χ4n) is 3.71. The van der Waals surface area contributed by atoms with Gasteiger partial charge in [-0.15, -0.1) is 0 Å². The smallest absolute Gasteiger partial charge is 0.227 e. The predicted octanol–water partition coefficient (Wildman–Crippen LogP) is 3.27. The number of hydrogen-bond acceptors (Lipinski definition) is 2. The van der Waals surface area contributed by atoms with Gasteiger partial charge in [0.25, 0.3) is 0 Å². The molecule has 2 heterocycles. The monoisotopic (exact) mass is 366 g/mol. The van der Waals surface area contributed by atoms with Crippen molar-refractivity contribution in [2.75, 3.05) is 26.2 Å². The van der Waals surface area contributed by atoms with Gasteiger partial charge < -0.3 is 9.80 Å². The second-order valence-electron chi connectivity index (χ2n) is 6.92. The van der Waals surface area contributed by atoms with Crippen molar-refractivity contribution in [3.05, 3.63) is 34.6 Å². The van der Waals surface area contributed by atoms with E-state index in [0.29, 0.717) is 25.9 Å². The second kappa shape index (κ2) is 8.17. The minimum absolute atomic E-state index is 0.0131. The molecule has 0 saturated carbocycles. The average Bonchev–Trinajstić information content (AvgIpc) is 2.65. The van der Waals surface area contributed by atoms with Crippen LogP contribution in [0.1, 0.15) is 37.7 Å². The van der Waals surface area contributed by atoms with Crippen LogP contribution in [0.4, 0.5) is 4.39 Å². The van der Waals surface area contributed by atoms with E-state index in [1.54, 1.807) is 11.0 Å². The largest absolute Gasteiger partial charge is 0.342 e. The Morgan fingerprint density at radius 1 is 1.04 bits per heavy atom. The van der Waals surface area contributed by atoms with E-state index < -0.39 is 5.82 Å². The second-order valence-corrected chi connectivity index (χ2v) is 7.33. The summed E-state index contributed by atoms with van der Waals surface area (Å²) in [5.41, 5.74) is 0.251. The van der Waals surface area contributed by atoms with Crippen LogP contribution in [0.15, 0.2) is 18.2 Å². The third kappa shape index (κ3) is 4.32. The highest BCUT2D eigenvalue weighted by Gasteiger charge is 2.31. The molecule has 0 aromatic heterocycles. The van der Waals surface area contributed by atoms with Crippen molar-refractivity contribution in [3.8, 4) is 0 Å². The van der Waals surface area contributed by atoms with Crippen molar-refractivity contribution in [1.29, 1.82) is 0 Å². The van der Waals surface area contributed by atoms with Crippen LogP contribution in [-0.4, -0.2) is 47.8 Å². The fourth-order valence-corrected chi connectivity index (χ4v) is 3.94. The van der Waals surface area contributed by atoms with Crippen molar-refractivity contribution in [2.45, 2.75) is 38.5 Å². The average molecular weight is 367 g/mol. The zero-order valence-corrected chi connectivity index (χ0v) is 15.1. The molecule has 0 unspecified atom stereocenters. The van der Waals surface area contributed by atoms with E-state index in [1.165, 1.54) is 18.6 Å². The summed E-state index contributed by atoms with van der Waals surface area (Å²) in [5.74, 6) is -0.324. The van der Waals surface area contributed by atoms with Gasteiger partial charge >= 0.3 is 0 Å². The first-order valence-electron chi connectivity index (χ1n) is 9.05. The molecule has 2 aliphatic heterocycles. The molecule has 2 saturated heterocycles. The number of nitrogens with zero attached hydrogens (tertiary/aromatic N) is 2. The van der Waals surface area contributed by atoms with Crippen LogP contribution >= 0.6 is 11.6 Å². The number of likely N-dealkylation sites (tertiary alicyclic amines) is 2. The van der Waals surface area contributed by atoms with Crippen molar-refractivity contribution < 1.29 is 14.0 Å². The van der Waals surface area contributed by atoms with Crippen LogP contribution in [0.5, 0.6) is 0 Å². The summed E-state index contributed by atoms with van der Waals surface area (Å²) < 4.78 is 13.8. The summed E-state index contributed by atoms with van der Waals surface area (Å²) in [7, 11) is 0. The lowest BCUT2D eigenvalue weighted by atomic mass is 9.94. The number of carbonyl (C=O) groups is 2. The van der Waals surface area contributed by atoms with Crippen LogP contribution in [0.3, 0.4) is 0 Å². The van der Waals surface area contributed by atoms with Crippen LogP contribution in [-0.2, 0) is 16.0 Å². The van der Waals surface area contributed by atoms with Crippen LogP contribution in [0.25, 0.3) is 0 Å².